The SMILES string of the molecule is CC(Oc1ccc(Cl)cc1)(C(=O)O)c1ccc(OCCOc2ccc(Cl)cc2)cc1. The summed E-state index contributed by atoms with van der Waals surface area (Å²) in [6, 6.07) is 20.3. The summed E-state index contributed by atoms with van der Waals surface area (Å²) in [5, 5.41) is 11.0. The normalized spacial score (nSPS) is 12.6. The Labute approximate surface area is 184 Å². The van der Waals surface area contributed by atoms with Gasteiger partial charge in [-0.1, -0.05) is 35.3 Å². The van der Waals surface area contributed by atoms with E-state index >= 15 is 0 Å². The van der Waals surface area contributed by atoms with Crippen molar-refractivity contribution in [2.24, 2.45) is 0 Å². The van der Waals surface area contributed by atoms with E-state index < -0.39 is 11.6 Å². The molecule has 0 amide bonds. The summed E-state index contributed by atoms with van der Waals surface area (Å²) in [7, 11) is 0. The van der Waals surface area contributed by atoms with Gasteiger partial charge in [0.15, 0.2) is 0 Å². The number of aliphatic carboxylic acids is 1. The minimum absolute atomic E-state index is 0.333. The van der Waals surface area contributed by atoms with Crippen molar-refractivity contribution >= 4 is 29.2 Å². The highest BCUT2D eigenvalue weighted by atomic mass is 35.5. The first-order valence-corrected chi connectivity index (χ1v) is 9.92. The van der Waals surface area contributed by atoms with Gasteiger partial charge in [0.1, 0.15) is 30.5 Å². The maximum Gasteiger partial charge on any atom is 0.352 e. The molecule has 1 N–H and O–H groups in total. The topological polar surface area (TPSA) is 65.0 Å². The molecule has 5 nitrogen and oxygen atoms in total. The fourth-order valence-corrected chi connectivity index (χ4v) is 2.94. The highest BCUT2D eigenvalue weighted by molar-refractivity contribution is 6.30. The van der Waals surface area contributed by atoms with E-state index in [0.717, 1.165) is 0 Å². The average Bonchev–Trinajstić information content (AvgIpc) is 2.74. The zero-order valence-electron chi connectivity index (χ0n) is 16.2. The fourth-order valence-electron chi connectivity index (χ4n) is 2.68. The molecule has 0 aliphatic heterocycles. The minimum Gasteiger partial charge on any atom is -0.490 e. The molecule has 0 heterocycles. The van der Waals surface area contributed by atoms with Crippen molar-refractivity contribution in [1.82, 2.24) is 0 Å². The second-order valence-electron chi connectivity index (χ2n) is 6.57. The van der Waals surface area contributed by atoms with E-state index in [1.807, 2.05) is 0 Å². The highest BCUT2D eigenvalue weighted by Gasteiger charge is 2.38. The molecular formula is C23H20Cl2O5. The Kier molecular flexibility index (Phi) is 7.08. The van der Waals surface area contributed by atoms with Gasteiger partial charge in [0.2, 0.25) is 5.60 Å². The summed E-state index contributed by atoms with van der Waals surface area (Å²) in [5.74, 6) is 0.596. The van der Waals surface area contributed by atoms with Gasteiger partial charge in [0.25, 0.3) is 0 Å². The molecule has 1 unspecified atom stereocenters. The predicted octanol–water partition coefficient (Wildman–Crippen LogP) is 5.83. The summed E-state index contributed by atoms with van der Waals surface area (Å²) < 4.78 is 17.0. The first-order valence-electron chi connectivity index (χ1n) is 9.16. The fraction of sp³-hybridized carbons (Fsp3) is 0.174. The average molecular weight is 447 g/mol. The third-order valence-corrected chi connectivity index (χ3v) is 4.89. The number of carboxylic acid groups (broad SMARTS) is 1. The summed E-state index contributed by atoms with van der Waals surface area (Å²) >= 11 is 11.7. The van der Waals surface area contributed by atoms with Crippen LogP contribution < -0.4 is 14.2 Å². The van der Waals surface area contributed by atoms with Crippen molar-refractivity contribution in [1.29, 1.82) is 0 Å². The van der Waals surface area contributed by atoms with Crippen molar-refractivity contribution in [2.45, 2.75) is 12.5 Å². The highest BCUT2D eigenvalue weighted by Crippen LogP contribution is 2.30. The molecule has 0 aliphatic carbocycles. The number of carbonyl (C=O) groups is 1. The molecule has 3 aromatic rings. The Bertz CT molecular complexity index is 972. The predicted molar refractivity (Wildman–Crippen MR) is 116 cm³/mol. The lowest BCUT2D eigenvalue weighted by Crippen LogP contribution is -2.38. The molecule has 7 heteroatoms. The maximum atomic E-state index is 11.9. The third-order valence-electron chi connectivity index (χ3n) is 4.38. The molecular weight excluding hydrogens is 427 g/mol. The molecule has 3 aromatic carbocycles. The Morgan fingerprint density at radius 3 is 1.60 bits per heavy atom. The summed E-state index contributed by atoms with van der Waals surface area (Å²) in [6.45, 7) is 2.19. The lowest BCUT2D eigenvalue weighted by atomic mass is 9.95. The lowest BCUT2D eigenvalue weighted by molar-refractivity contribution is -0.154. The van der Waals surface area contributed by atoms with Crippen LogP contribution in [0.3, 0.4) is 0 Å². The van der Waals surface area contributed by atoms with Crippen molar-refractivity contribution in [2.75, 3.05) is 13.2 Å². The molecule has 0 saturated heterocycles. The van der Waals surface area contributed by atoms with Gasteiger partial charge >= 0.3 is 5.97 Å². The molecule has 0 saturated carbocycles. The van der Waals surface area contributed by atoms with Crippen molar-refractivity contribution < 1.29 is 24.1 Å². The Hall–Kier alpha value is -2.89. The van der Waals surface area contributed by atoms with Crippen LogP contribution in [-0.2, 0) is 10.4 Å². The molecule has 0 aromatic heterocycles. The van der Waals surface area contributed by atoms with Gasteiger partial charge in [-0.2, -0.15) is 0 Å². The van der Waals surface area contributed by atoms with Crippen LogP contribution in [0.2, 0.25) is 10.0 Å². The van der Waals surface area contributed by atoms with E-state index in [1.165, 1.54) is 6.92 Å². The van der Waals surface area contributed by atoms with Crippen LogP contribution in [0.1, 0.15) is 12.5 Å². The van der Waals surface area contributed by atoms with Gasteiger partial charge in [0.05, 0.1) is 0 Å². The number of hydrogen-bond acceptors (Lipinski definition) is 4. The molecule has 0 radical (unpaired) electrons. The number of hydrogen-bond donors (Lipinski definition) is 1. The van der Waals surface area contributed by atoms with Crippen molar-refractivity contribution in [3.63, 3.8) is 0 Å². The van der Waals surface area contributed by atoms with E-state index in [9.17, 15) is 9.90 Å². The maximum absolute atomic E-state index is 11.9. The molecule has 156 valence electrons. The second-order valence-corrected chi connectivity index (χ2v) is 7.44. The van der Waals surface area contributed by atoms with Crippen LogP contribution in [0.5, 0.6) is 17.2 Å². The van der Waals surface area contributed by atoms with E-state index in [0.29, 0.717) is 46.1 Å². The Morgan fingerprint density at radius 1 is 0.767 bits per heavy atom. The molecule has 30 heavy (non-hydrogen) atoms. The number of ether oxygens (including phenoxy) is 3. The first kappa shape index (κ1) is 21.8. The number of benzene rings is 3. The zero-order chi connectivity index (χ0) is 21.6. The van der Waals surface area contributed by atoms with Crippen molar-refractivity contribution in [3.8, 4) is 17.2 Å². The smallest absolute Gasteiger partial charge is 0.352 e. The molecule has 3 rings (SSSR count). The quantitative estimate of drug-likeness (QED) is 0.418. The number of carboxylic acids is 1. The zero-order valence-corrected chi connectivity index (χ0v) is 17.7. The van der Waals surface area contributed by atoms with Gasteiger partial charge in [-0.25, -0.2) is 4.79 Å². The van der Waals surface area contributed by atoms with Crippen LogP contribution >= 0.6 is 23.2 Å². The van der Waals surface area contributed by atoms with Crippen LogP contribution in [0, 0.1) is 0 Å². The van der Waals surface area contributed by atoms with Crippen LogP contribution in [0.25, 0.3) is 0 Å². The molecule has 0 fully saturated rings. The Balaban J connectivity index is 1.60. The summed E-state index contributed by atoms with van der Waals surface area (Å²) in [4.78, 5) is 11.9. The van der Waals surface area contributed by atoms with Gasteiger partial charge in [-0.05, 0) is 67.6 Å². The number of halogens is 2. The van der Waals surface area contributed by atoms with Gasteiger partial charge in [-0.15, -0.1) is 0 Å². The lowest BCUT2D eigenvalue weighted by Gasteiger charge is -2.27. The van der Waals surface area contributed by atoms with Crippen LogP contribution in [-0.4, -0.2) is 24.3 Å². The van der Waals surface area contributed by atoms with Gasteiger partial charge in [0, 0.05) is 15.6 Å². The standard InChI is InChI=1S/C23H20Cl2O5/c1-23(22(26)27,30-21-12-6-18(25)7-13-21)16-2-8-19(9-3-16)28-14-15-29-20-10-4-17(24)5-11-20/h2-13H,14-15H2,1H3,(H,26,27). The first-order chi connectivity index (χ1) is 14.4. The van der Waals surface area contributed by atoms with Crippen molar-refractivity contribution in [3.05, 3.63) is 88.4 Å². The van der Waals surface area contributed by atoms with E-state index in [4.69, 9.17) is 37.4 Å². The van der Waals surface area contributed by atoms with E-state index in [2.05, 4.69) is 0 Å². The van der Waals surface area contributed by atoms with E-state index in [1.54, 1.807) is 72.8 Å². The summed E-state index contributed by atoms with van der Waals surface area (Å²) in [5.41, 5.74) is -1.08. The molecule has 0 aliphatic rings. The number of rotatable bonds is 9. The largest absolute Gasteiger partial charge is 0.490 e. The minimum atomic E-state index is -1.57. The second kappa shape index (κ2) is 9.74. The monoisotopic (exact) mass is 446 g/mol. The van der Waals surface area contributed by atoms with E-state index in [-0.39, 0.29) is 0 Å². The van der Waals surface area contributed by atoms with Crippen LogP contribution in [0.4, 0.5) is 0 Å². The van der Waals surface area contributed by atoms with Gasteiger partial charge in [-0.3, -0.25) is 0 Å². The molecule has 0 bridgehead atoms. The Morgan fingerprint density at radius 2 is 1.17 bits per heavy atom. The van der Waals surface area contributed by atoms with Crippen LogP contribution in [0.15, 0.2) is 72.8 Å². The van der Waals surface area contributed by atoms with Gasteiger partial charge < -0.3 is 19.3 Å². The summed E-state index contributed by atoms with van der Waals surface area (Å²) in [6.07, 6.45) is 0. The molecule has 0 spiro atoms. The molecule has 1 atom stereocenters. The third kappa shape index (κ3) is 5.59.